The lowest BCUT2D eigenvalue weighted by atomic mass is 9.77. The fraction of sp³-hybridized carbons (Fsp3) is 0.440. The number of furan rings is 1. The molecular weight excluding hydrogens is 397 g/mol. The lowest BCUT2D eigenvalue weighted by Crippen LogP contribution is -2.42. The molecule has 2 aromatic rings. The molecule has 5 rings (SSSR count). The Labute approximate surface area is 180 Å². The average Bonchev–Trinajstić information content (AvgIpc) is 3.36. The van der Waals surface area contributed by atoms with Gasteiger partial charge in [-0.25, -0.2) is 4.39 Å². The van der Waals surface area contributed by atoms with E-state index in [0.29, 0.717) is 30.1 Å². The first-order chi connectivity index (χ1) is 14.9. The fourth-order valence-electron chi connectivity index (χ4n) is 5.01. The summed E-state index contributed by atoms with van der Waals surface area (Å²) in [6.07, 6.45) is 1.11. The van der Waals surface area contributed by atoms with Gasteiger partial charge in [0, 0.05) is 0 Å². The highest BCUT2D eigenvalue weighted by Gasteiger charge is 2.53. The van der Waals surface area contributed by atoms with Crippen molar-refractivity contribution in [2.24, 2.45) is 5.92 Å². The first-order valence-electron chi connectivity index (χ1n) is 11.0. The van der Waals surface area contributed by atoms with E-state index in [1.54, 1.807) is 23.3 Å². The van der Waals surface area contributed by atoms with Gasteiger partial charge in [-0.2, -0.15) is 0 Å². The van der Waals surface area contributed by atoms with Gasteiger partial charge in [0.25, 0.3) is 5.91 Å². The van der Waals surface area contributed by atoms with Gasteiger partial charge in [0.15, 0.2) is 11.5 Å². The van der Waals surface area contributed by atoms with Gasteiger partial charge in [0.1, 0.15) is 18.0 Å². The molecule has 1 aromatic heterocycles. The van der Waals surface area contributed by atoms with Crippen LogP contribution in [0.5, 0.6) is 0 Å². The number of amides is 1. The molecule has 2 aliphatic heterocycles. The Morgan fingerprint density at radius 3 is 2.58 bits per heavy atom. The fourth-order valence-corrected chi connectivity index (χ4v) is 5.01. The lowest BCUT2D eigenvalue weighted by molar-refractivity contribution is -0.136. The summed E-state index contributed by atoms with van der Waals surface area (Å²) in [6, 6.07) is 11.0. The first-order valence-corrected chi connectivity index (χ1v) is 11.0. The van der Waals surface area contributed by atoms with Gasteiger partial charge in [0.05, 0.1) is 30.3 Å². The van der Waals surface area contributed by atoms with Gasteiger partial charge in [-0.15, -0.1) is 0 Å². The first kappa shape index (κ1) is 20.0. The molecule has 4 atom stereocenters. The summed E-state index contributed by atoms with van der Waals surface area (Å²) in [7, 11) is 0. The summed E-state index contributed by atoms with van der Waals surface area (Å²) in [5, 5.41) is 0. The number of Topliss-reactive ketones (excluding diaryl/α,β-unsaturated/α-hetero) is 1. The van der Waals surface area contributed by atoms with Crippen LogP contribution in [0.2, 0.25) is 0 Å². The van der Waals surface area contributed by atoms with E-state index in [2.05, 4.69) is 13.8 Å². The van der Waals surface area contributed by atoms with E-state index < -0.39 is 24.2 Å². The number of benzene rings is 1. The molecule has 1 amide bonds. The molecule has 5 nitrogen and oxygen atoms in total. The number of carbonyl (C=O) groups excluding carboxylic acids is 2. The van der Waals surface area contributed by atoms with Gasteiger partial charge in [-0.1, -0.05) is 38.1 Å². The maximum atomic E-state index is 14.1. The summed E-state index contributed by atoms with van der Waals surface area (Å²) in [5.41, 5.74) is 2.39. The monoisotopic (exact) mass is 423 g/mol. The second-order valence-electron chi connectivity index (χ2n) is 9.02. The molecule has 0 radical (unpaired) electrons. The maximum Gasteiger partial charge on any atom is 0.290 e. The zero-order valence-corrected chi connectivity index (χ0v) is 17.7. The Kier molecular flexibility index (Phi) is 4.95. The maximum absolute atomic E-state index is 14.1. The molecule has 4 unspecified atom stereocenters. The van der Waals surface area contributed by atoms with Gasteiger partial charge in [-0.05, 0) is 48.4 Å². The Morgan fingerprint density at radius 2 is 1.90 bits per heavy atom. The van der Waals surface area contributed by atoms with Crippen LogP contribution in [0.4, 0.5) is 4.39 Å². The molecule has 1 fully saturated rings. The normalized spacial score (nSPS) is 28.1. The number of nitrogens with zero attached hydrogens (tertiary/aromatic N) is 1. The van der Waals surface area contributed by atoms with Crippen molar-refractivity contribution in [3.63, 3.8) is 0 Å². The SMILES string of the molecule is CC(C)c1ccc(C2C3=C(OC4CCC(F)CC4C3=O)C(=O)N2Cc2ccco2)cc1. The summed E-state index contributed by atoms with van der Waals surface area (Å²) in [6.45, 7) is 4.47. The number of alkyl halides is 1. The lowest BCUT2D eigenvalue weighted by Gasteiger charge is -2.36. The molecule has 6 heteroatoms. The molecule has 0 N–H and O–H groups in total. The Bertz CT molecular complexity index is 1020. The molecule has 0 spiro atoms. The number of halogens is 1. The van der Waals surface area contributed by atoms with E-state index in [1.807, 2.05) is 24.3 Å². The number of hydrogen-bond donors (Lipinski definition) is 0. The molecule has 1 saturated carbocycles. The second-order valence-corrected chi connectivity index (χ2v) is 9.02. The van der Waals surface area contributed by atoms with Crippen molar-refractivity contribution >= 4 is 11.7 Å². The van der Waals surface area contributed by atoms with Crippen LogP contribution in [0.25, 0.3) is 0 Å². The van der Waals surface area contributed by atoms with Crippen LogP contribution in [-0.2, 0) is 20.9 Å². The van der Waals surface area contributed by atoms with Crippen LogP contribution in [0.15, 0.2) is 58.4 Å². The van der Waals surface area contributed by atoms with E-state index in [4.69, 9.17) is 9.15 Å². The Morgan fingerprint density at radius 1 is 1.13 bits per heavy atom. The van der Waals surface area contributed by atoms with E-state index in [0.717, 1.165) is 5.56 Å². The predicted molar refractivity (Wildman–Crippen MR) is 112 cm³/mol. The Hall–Kier alpha value is -2.89. The minimum absolute atomic E-state index is 0.132. The van der Waals surface area contributed by atoms with Gasteiger partial charge < -0.3 is 14.1 Å². The van der Waals surface area contributed by atoms with Crippen molar-refractivity contribution < 1.29 is 23.1 Å². The minimum Gasteiger partial charge on any atom is -0.483 e. The molecule has 3 aliphatic rings. The number of ether oxygens (including phenoxy) is 1. The number of rotatable bonds is 4. The highest BCUT2D eigenvalue weighted by molar-refractivity contribution is 6.11. The summed E-state index contributed by atoms with van der Waals surface area (Å²) < 4.78 is 25.7. The minimum atomic E-state index is -1.00. The molecule has 1 aliphatic carbocycles. The topological polar surface area (TPSA) is 59.8 Å². The highest BCUT2D eigenvalue weighted by atomic mass is 19.1. The van der Waals surface area contributed by atoms with Crippen LogP contribution in [0.1, 0.15) is 62.0 Å². The molecule has 1 aromatic carbocycles. The van der Waals surface area contributed by atoms with Crippen LogP contribution < -0.4 is 0 Å². The smallest absolute Gasteiger partial charge is 0.290 e. The third-order valence-electron chi connectivity index (χ3n) is 6.70. The van der Waals surface area contributed by atoms with Crippen LogP contribution in [-0.4, -0.2) is 28.9 Å². The largest absolute Gasteiger partial charge is 0.483 e. The third-order valence-corrected chi connectivity index (χ3v) is 6.70. The quantitative estimate of drug-likeness (QED) is 0.706. The van der Waals surface area contributed by atoms with Crippen molar-refractivity contribution in [2.45, 2.75) is 63.9 Å². The van der Waals surface area contributed by atoms with E-state index >= 15 is 0 Å². The standard InChI is InChI=1S/C25H26FNO4/c1-14(2)15-5-7-16(8-6-15)22-21-23(28)19-12-17(26)9-10-20(19)31-24(21)25(29)27(22)13-18-4-3-11-30-18/h3-8,11,14,17,19-20,22H,9-10,12-13H2,1-2H3. The summed E-state index contributed by atoms with van der Waals surface area (Å²) in [5.74, 6) is 0.146. The predicted octanol–water partition coefficient (Wildman–Crippen LogP) is 4.85. The van der Waals surface area contributed by atoms with Gasteiger partial charge >= 0.3 is 0 Å². The van der Waals surface area contributed by atoms with Crippen molar-refractivity contribution in [3.8, 4) is 0 Å². The summed E-state index contributed by atoms with van der Waals surface area (Å²) in [4.78, 5) is 28.6. The van der Waals surface area contributed by atoms with E-state index in [9.17, 15) is 14.0 Å². The molecule has 3 heterocycles. The van der Waals surface area contributed by atoms with Crippen LogP contribution in [0, 0.1) is 5.92 Å². The zero-order chi connectivity index (χ0) is 21.7. The third kappa shape index (κ3) is 3.38. The van der Waals surface area contributed by atoms with Crippen molar-refractivity contribution in [2.75, 3.05) is 0 Å². The molecular formula is C25H26FNO4. The molecule has 162 valence electrons. The molecule has 0 bridgehead atoms. The summed E-state index contributed by atoms with van der Waals surface area (Å²) >= 11 is 0. The number of carbonyl (C=O) groups is 2. The van der Waals surface area contributed by atoms with Crippen LogP contribution >= 0.6 is 0 Å². The van der Waals surface area contributed by atoms with Crippen LogP contribution in [0.3, 0.4) is 0 Å². The van der Waals surface area contributed by atoms with Gasteiger partial charge in [0.2, 0.25) is 0 Å². The van der Waals surface area contributed by atoms with Crippen molar-refractivity contribution in [1.82, 2.24) is 4.90 Å². The average molecular weight is 423 g/mol. The molecule has 31 heavy (non-hydrogen) atoms. The van der Waals surface area contributed by atoms with E-state index in [-0.39, 0.29) is 30.4 Å². The van der Waals surface area contributed by atoms with Crippen molar-refractivity contribution in [1.29, 1.82) is 0 Å². The number of hydrogen-bond acceptors (Lipinski definition) is 4. The Balaban J connectivity index is 1.57. The highest BCUT2D eigenvalue weighted by Crippen LogP contribution is 2.47. The molecule has 0 saturated heterocycles. The number of fused-ring (bicyclic) bond motifs is 1. The van der Waals surface area contributed by atoms with Crippen molar-refractivity contribution in [3.05, 3.63) is 70.9 Å². The van der Waals surface area contributed by atoms with Gasteiger partial charge in [-0.3, -0.25) is 9.59 Å². The number of ketones is 1. The zero-order valence-electron chi connectivity index (χ0n) is 17.7. The second kappa shape index (κ2) is 7.66. The van der Waals surface area contributed by atoms with E-state index in [1.165, 1.54) is 5.56 Å².